The van der Waals surface area contributed by atoms with E-state index < -0.39 is 5.60 Å². The van der Waals surface area contributed by atoms with E-state index in [1.807, 2.05) is 45.0 Å². The highest BCUT2D eigenvalue weighted by molar-refractivity contribution is 5.89. The van der Waals surface area contributed by atoms with Crippen molar-refractivity contribution < 1.29 is 9.53 Å². The van der Waals surface area contributed by atoms with Gasteiger partial charge in [-0.05, 0) is 38.3 Å². The van der Waals surface area contributed by atoms with Gasteiger partial charge in [0.05, 0.1) is 5.69 Å². The maximum Gasteiger partial charge on any atom is 0.415 e. The number of carbonyl (C=O) groups excluding carboxylic acids is 1. The van der Waals surface area contributed by atoms with Crippen LogP contribution in [0.3, 0.4) is 0 Å². The molecule has 1 amide bonds. The summed E-state index contributed by atoms with van der Waals surface area (Å²) in [4.78, 5) is 14.0. The first-order valence-electron chi connectivity index (χ1n) is 6.96. The van der Waals surface area contributed by atoms with Gasteiger partial charge in [-0.15, -0.1) is 6.58 Å². The Balaban J connectivity index is 3.14. The summed E-state index contributed by atoms with van der Waals surface area (Å²) >= 11 is 0. The first kappa shape index (κ1) is 16.3. The minimum Gasteiger partial charge on any atom is -0.443 e. The summed E-state index contributed by atoms with van der Waals surface area (Å²) in [6, 6.07) is 7.91. The molecule has 0 heterocycles. The highest BCUT2D eigenvalue weighted by atomic mass is 16.6. The smallest absolute Gasteiger partial charge is 0.415 e. The van der Waals surface area contributed by atoms with Crippen molar-refractivity contribution in [1.82, 2.24) is 0 Å². The van der Waals surface area contributed by atoms with Crippen molar-refractivity contribution in [3.8, 4) is 0 Å². The number of anilines is 1. The molecule has 20 heavy (non-hydrogen) atoms. The first-order chi connectivity index (χ1) is 9.26. The third-order valence-corrected chi connectivity index (χ3v) is 2.78. The predicted octanol–water partition coefficient (Wildman–Crippen LogP) is 4.74. The SMILES string of the molecule is C=CCN(C(=O)OC(C)(C)C)c1ccccc1C(C)C. The number of amides is 1. The minimum atomic E-state index is -0.511. The van der Waals surface area contributed by atoms with Gasteiger partial charge in [0.1, 0.15) is 5.60 Å². The van der Waals surface area contributed by atoms with Crippen LogP contribution in [0, 0.1) is 0 Å². The van der Waals surface area contributed by atoms with E-state index in [1.165, 1.54) is 0 Å². The Kier molecular flexibility index (Phi) is 5.37. The van der Waals surface area contributed by atoms with Gasteiger partial charge in [0.2, 0.25) is 0 Å². The number of nitrogens with zero attached hydrogens (tertiary/aromatic N) is 1. The fourth-order valence-electron chi connectivity index (χ4n) is 1.94. The second-order valence-corrected chi connectivity index (χ2v) is 6.09. The molecule has 3 nitrogen and oxygen atoms in total. The zero-order chi connectivity index (χ0) is 15.3. The molecule has 110 valence electrons. The van der Waals surface area contributed by atoms with Crippen LogP contribution < -0.4 is 4.90 Å². The van der Waals surface area contributed by atoms with Crippen molar-refractivity contribution in [2.24, 2.45) is 0 Å². The average Bonchev–Trinajstić information content (AvgIpc) is 2.33. The van der Waals surface area contributed by atoms with Gasteiger partial charge < -0.3 is 4.74 Å². The van der Waals surface area contributed by atoms with Crippen LogP contribution in [0.4, 0.5) is 10.5 Å². The second-order valence-electron chi connectivity index (χ2n) is 6.09. The summed E-state index contributed by atoms with van der Waals surface area (Å²) in [5, 5.41) is 0. The van der Waals surface area contributed by atoms with Gasteiger partial charge >= 0.3 is 6.09 Å². The summed E-state index contributed by atoms with van der Waals surface area (Å²) < 4.78 is 5.48. The van der Waals surface area contributed by atoms with Crippen LogP contribution in [0.5, 0.6) is 0 Å². The van der Waals surface area contributed by atoms with E-state index in [0.29, 0.717) is 12.5 Å². The van der Waals surface area contributed by atoms with E-state index in [0.717, 1.165) is 11.3 Å². The maximum absolute atomic E-state index is 12.4. The van der Waals surface area contributed by atoms with Crippen molar-refractivity contribution >= 4 is 11.8 Å². The van der Waals surface area contributed by atoms with Gasteiger partial charge in [-0.2, -0.15) is 0 Å². The van der Waals surface area contributed by atoms with Crippen LogP contribution in [-0.2, 0) is 4.74 Å². The van der Waals surface area contributed by atoms with E-state index >= 15 is 0 Å². The highest BCUT2D eigenvalue weighted by Gasteiger charge is 2.24. The summed E-state index contributed by atoms with van der Waals surface area (Å²) in [5.41, 5.74) is 1.50. The summed E-state index contributed by atoms with van der Waals surface area (Å²) in [5.74, 6) is 0.334. The molecule has 0 saturated heterocycles. The molecule has 1 aromatic rings. The molecule has 0 saturated carbocycles. The van der Waals surface area contributed by atoms with E-state index in [-0.39, 0.29) is 6.09 Å². The molecule has 1 rings (SSSR count). The van der Waals surface area contributed by atoms with Crippen LogP contribution in [0.15, 0.2) is 36.9 Å². The molecule has 0 unspecified atom stereocenters. The molecule has 0 aromatic heterocycles. The lowest BCUT2D eigenvalue weighted by Gasteiger charge is -2.28. The molecule has 3 heteroatoms. The first-order valence-corrected chi connectivity index (χ1v) is 6.96. The normalized spacial score (nSPS) is 11.3. The molecule has 0 atom stereocenters. The lowest BCUT2D eigenvalue weighted by Crippen LogP contribution is -2.37. The molecule has 0 aliphatic heterocycles. The topological polar surface area (TPSA) is 29.5 Å². The van der Waals surface area contributed by atoms with Gasteiger partial charge in [-0.25, -0.2) is 4.79 Å². The van der Waals surface area contributed by atoms with Gasteiger partial charge in [-0.1, -0.05) is 38.1 Å². The van der Waals surface area contributed by atoms with Crippen LogP contribution in [0.1, 0.15) is 46.1 Å². The highest BCUT2D eigenvalue weighted by Crippen LogP contribution is 2.28. The molecule has 1 aromatic carbocycles. The number of hydrogen-bond acceptors (Lipinski definition) is 2. The fraction of sp³-hybridized carbons (Fsp3) is 0.471. The van der Waals surface area contributed by atoms with Gasteiger partial charge in [0.15, 0.2) is 0 Å². The summed E-state index contributed by atoms with van der Waals surface area (Å²) in [6.45, 7) is 14.0. The van der Waals surface area contributed by atoms with Crippen LogP contribution in [0.2, 0.25) is 0 Å². The summed E-state index contributed by atoms with van der Waals surface area (Å²) in [7, 11) is 0. The quantitative estimate of drug-likeness (QED) is 0.743. The van der Waals surface area contributed by atoms with Crippen molar-refractivity contribution in [2.45, 2.75) is 46.1 Å². The van der Waals surface area contributed by atoms with Gasteiger partial charge in [-0.3, -0.25) is 4.90 Å². The fourth-order valence-corrected chi connectivity index (χ4v) is 1.94. The Labute approximate surface area is 122 Å². The number of para-hydroxylation sites is 1. The summed E-state index contributed by atoms with van der Waals surface area (Å²) in [6.07, 6.45) is 1.37. The molecule has 0 bridgehead atoms. The van der Waals surface area contributed by atoms with Crippen LogP contribution in [0.25, 0.3) is 0 Å². The Morgan fingerprint density at radius 2 is 1.95 bits per heavy atom. The molecule has 0 aliphatic carbocycles. The van der Waals surface area contributed by atoms with E-state index in [2.05, 4.69) is 20.4 Å². The molecule has 0 N–H and O–H groups in total. The molecule has 0 fully saturated rings. The van der Waals surface area contributed by atoms with E-state index in [9.17, 15) is 4.79 Å². The Morgan fingerprint density at radius 3 is 2.45 bits per heavy atom. The van der Waals surface area contributed by atoms with Crippen molar-refractivity contribution in [2.75, 3.05) is 11.4 Å². The van der Waals surface area contributed by atoms with E-state index in [4.69, 9.17) is 4.74 Å². The van der Waals surface area contributed by atoms with E-state index in [1.54, 1.807) is 11.0 Å². The lowest BCUT2D eigenvalue weighted by molar-refractivity contribution is 0.0584. The standard InChI is InChI=1S/C17H25NO2/c1-7-12-18(16(19)20-17(4,5)6)15-11-9-8-10-14(15)13(2)3/h7-11,13H,1,12H2,2-6H3. The number of ether oxygens (including phenoxy) is 1. The molecule has 0 spiro atoms. The largest absolute Gasteiger partial charge is 0.443 e. The predicted molar refractivity (Wildman–Crippen MR) is 84.3 cm³/mol. The third-order valence-electron chi connectivity index (χ3n) is 2.78. The maximum atomic E-state index is 12.4. The number of carbonyl (C=O) groups is 1. The van der Waals surface area contributed by atoms with Crippen LogP contribution >= 0.6 is 0 Å². The van der Waals surface area contributed by atoms with Crippen molar-refractivity contribution in [3.63, 3.8) is 0 Å². The molecule has 0 radical (unpaired) electrons. The van der Waals surface area contributed by atoms with Crippen molar-refractivity contribution in [3.05, 3.63) is 42.5 Å². The Morgan fingerprint density at radius 1 is 1.35 bits per heavy atom. The van der Waals surface area contributed by atoms with Crippen LogP contribution in [-0.4, -0.2) is 18.2 Å². The number of benzene rings is 1. The van der Waals surface area contributed by atoms with Gasteiger partial charge in [0.25, 0.3) is 0 Å². The monoisotopic (exact) mass is 275 g/mol. The Hall–Kier alpha value is -1.77. The minimum absolute atomic E-state index is 0.334. The number of rotatable bonds is 4. The number of hydrogen-bond donors (Lipinski definition) is 0. The zero-order valence-corrected chi connectivity index (χ0v) is 13.1. The molecular weight excluding hydrogens is 250 g/mol. The second kappa shape index (κ2) is 6.60. The zero-order valence-electron chi connectivity index (χ0n) is 13.1. The third kappa shape index (κ3) is 4.41. The van der Waals surface area contributed by atoms with Gasteiger partial charge in [0, 0.05) is 6.54 Å². The average molecular weight is 275 g/mol. The Bertz CT molecular complexity index is 472. The molecule has 0 aliphatic rings. The molecular formula is C17H25NO2. The van der Waals surface area contributed by atoms with Crippen molar-refractivity contribution in [1.29, 1.82) is 0 Å². The lowest BCUT2D eigenvalue weighted by atomic mass is 10.0.